The van der Waals surface area contributed by atoms with Gasteiger partial charge < -0.3 is 4.74 Å². The molecule has 2 N–H and O–H groups in total. The molecular formula is C20H27N3O3. The lowest BCUT2D eigenvalue weighted by Gasteiger charge is -2.18. The van der Waals surface area contributed by atoms with Gasteiger partial charge >= 0.3 is 5.97 Å². The molecule has 1 aliphatic heterocycles. The number of benzene rings is 1. The second-order valence-corrected chi connectivity index (χ2v) is 6.75. The Hall–Kier alpha value is -2.47. The fourth-order valence-corrected chi connectivity index (χ4v) is 2.70. The van der Waals surface area contributed by atoms with Crippen LogP contribution in [0.3, 0.4) is 0 Å². The molecule has 0 unspecified atom stereocenters. The smallest absolute Gasteiger partial charge is 0.306 e. The number of carbonyl (C=O) groups is 2. The molecule has 26 heavy (non-hydrogen) atoms. The summed E-state index contributed by atoms with van der Waals surface area (Å²) in [7, 11) is 0. The van der Waals surface area contributed by atoms with Crippen molar-refractivity contribution in [3.8, 4) is 0 Å². The van der Waals surface area contributed by atoms with Crippen LogP contribution in [0, 0.1) is 11.8 Å². The SMILES string of the molecule is CC(C)C[C@H](CC(=O)OCc1ccccc1)C(=O)NNCC1=NCC=C1. The van der Waals surface area contributed by atoms with Crippen molar-refractivity contribution in [2.24, 2.45) is 16.8 Å². The Morgan fingerprint density at radius 3 is 2.65 bits per heavy atom. The first-order chi connectivity index (χ1) is 12.5. The third-order valence-electron chi connectivity index (χ3n) is 3.97. The van der Waals surface area contributed by atoms with Crippen LogP contribution in [0.4, 0.5) is 0 Å². The number of hydrazine groups is 1. The van der Waals surface area contributed by atoms with Crippen LogP contribution in [0.15, 0.2) is 47.5 Å². The third kappa shape index (κ3) is 7.19. The van der Waals surface area contributed by atoms with E-state index in [9.17, 15) is 9.59 Å². The molecule has 140 valence electrons. The Kier molecular flexibility index (Phi) is 8.02. The van der Waals surface area contributed by atoms with Crippen LogP contribution < -0.4 is 10.9 Å². The van der Waals surface area contributed by atoms with E-state index in [1.807, 2.05) is 56.3 Å². The lowest BCUT2D eigenvalue weighted by atomic mass is 9.93. The molecule has 0 aliphatic carbocycles. The molecular weight excluding hydrogens is 330 g/mol. The fourth-order valence-electron chi connectivity index (χ4n) is 2.70. The number of carbonyl (C=O) groups excluding carboxylic acids is 2. The molecule has 1 heterocycles. The van der Waals surface area contributed by atoms with E-state index in [1.54, 1.807) is 0 Å². The molecule has 0 bridgehead atoms. The van der Waals surface area contributed by atoms with Gasteiger partial charge in [0.25, 0.3) is 0 Å². The van der Waals surface area contributed by atoms with Crippen molar-refractivity contribution < 1.29 is 14.3 Å². The van der Waals surface area contributed by atoms with E-state index >= 15 is 0 Å². The normalized spacial score (nSPS) is 14.2. The molecule has 0 spiro atoms. The second kappa shape index (κ2) is 10.5. The Balaban J connectivity index is 1.79. The van der Waals surface area contributed by atoms with Crippen LogP contribution in [-0.4, -0.2) is 30.7 Å². The Bertz CT molecular complexity index is 654. The Morgan fingerprint density at radius 2 is 2.00 bits per heavy atom. The van der Waals surface area contributed by atoms with E-state index in [0.717, 1.165) is 11.3 Å². The lowest BCUT2D eigenvalue weighted by molar-refractivity contribution is -0.148. The minimum absolute atomic E-state index is 0.0688. The van der Waals surface area contributed by atoms with Gasteiger partial charge in [0.2, 0.25) is 5.91 Å². The highest BCUT2D eigenvalue weighted by atomic mass is 16.5. The summed E-state index contributed by atoms with van der Waals surface area (Å²) in [6, 6.07) is 9.50. The van der Waals surface area contributed by atoms with E-state index in [1.165, 1.54) is 0 Å². The minimum Gasteiger partial charge on any atom is -0.461 e. The average Bonchev–Trinajstić information content (AvgIpc) is 3.13. The van der Waals surface area contributed by atoms with Crippen molar-refractivity contribution in [1.29, 1.82) is 0 Å². The molecule has 6 heteroatoms. The molecule has 1 aromatic rings. The largest absolute Gasteiger partial charge is 0.461 e. The van der Waals surface area contributed by atoms with Gasteiger partial charge in [-0.3, -0.25) is 20.0 Å². The maximum atomic E-state index is 12.4. The predicted octanol–water partition coefficient (Wildman–Crippen LogP) is 2.41. The van der Waals surface area contributed by atoms with Crippen molar-refractivity contribution in [3.63, 3.8) is 0 Å². The number of ether oxygens (including phenoxy) is 1. The van der Waals surface area contributed by atoms with Crippen molar-refractivity contribution in [2.75, 3.05) is 13.1 Å². The van der Waals surface area contributed by atoms with Gasteiger partial charge in [0.05, 0.1) is 25.2 Å². The monoisotopic (exact) mass is 357 g/mol. The molecule has 0 saturated carbocycles. The van der Waals surface area contributed by atoms with Gasteiger partial charge in [-0.15, -0.1) is 0 Å². The van der Waals surface area contributed by atoms with Crippen LogP contribution in [0.2, 0.25) is 0 Å². The van der Waals surface area contributed by atoms with Crippen molar-refractivity contribution >= 4 is 17.6 Å². The quantitative estimate of drug-likeness (QED) is 0.498. The topological polar surface area (TPSA) is 79.8 Å². The first-order valence-electron chi connectivity index (χ1n) is 8.96. The number of amides is 1. The van der Waals surface area contributed by atoms with E-state index in [2.05, 4.69) is 15.8 Å². The molecule has 2 rings (SSSR count). The van der Waals surface area contributed by atoms with Crippen LogP contribution >= 0.6 is 0 Å². The maximum Gasteiger partial charge on any atom is 0.306 e. The van der Waals surface area contributed by atoms with E-state index in [-0.39, 0.29) is 24.9 Å². The Labute approximate surface area is 154 Å². The van der Waals surface area contributed by atoms with Crippen molar-refractivity contribution in [3.05, 3.63) is 48.0 Å². The molecule has 6 nitrogen and oxygen atoms in total. The van der Waals surface area contributed by atoms with E-state index < -0.39 is 5.92 Å². The summed E-state index contributed by atoms with van der Waals surface area (Å²) in [5, 5.41) is 0. The molecule has 0 radical (unpaired) electrons. The summed E-state index contributed by atoms with van der Waals surface area (Å²) in [6.07, 6.45) is 4.57. The first-order valence-corrected chi connectivity index (χ1v) is 8.96. The number of esters is 1. The maximum absolute atomic E-state index is 12.4. The number of hydrogen-bond acceptors (Lipinski definition) is 5. The standard InChI is InChI=1S/C20H27N3O3/c1-15(2)11-17(20(25)23-22-13-18-9-6-10-21-18)12-19(24)26-14-16-7-4-3-5-8-16/h3-9,15,17,22H,10-14H2,1-2H3,(H,23,25)/t17-/m1/s1. The summed E-state index contributed by atoms with van der Waals surface area (Å²) in [5.74, 6) is -0.683. The minimum atomic E-state index is -0.424. The van der Waals surface area contributed by atoms with Gasteiger partial charge in [-0.2, -0.15) is 0 Å². The highest BCUT2D eigenvalue weighted by Crippen LogP contribution is 2.17. The zero-order valence-electron chi connectivity index (χ0n) is 15.4. The lowest BCUT2D eigenvalue weighted by Crippen LogP contribution is -2.44. The van der Waals surface area contributed by atoms with Crippen molar-refractivity contribution in [2.45, 2.75) is 33.3 Å². The summed E-state index contributed by atoms with van der Waals surface area (Å²) in [5.41, 5.74) is 7.39. The third-order valence-corrected chi connectivity index (χ3v) is 3.97. The number of hydrogen-bond donors (Lipinski definition) is 2. The van der Waals surface area contributed by atoms with Crippen LogP contribution in [0.25, 0.3) is 0 Å². The Morgan fingerprint density at radius 1 is 1.23 bits per heavy atom. The molecule has 0 fully saturated rings. The van der Waals surface area contributed by atoms with Gasteiger partial charge in [0.1, 0.15) is 6.61 Å². The van der Waals surface area contributed by atoms with Gasteiger partial charge in [0.15, 0.2) is 0 Å². The molecule has 1 aromatic carbocycles. The molecule has 1 amide bonds. The van der Waals surface area contributed by atoms with Gasteiger partial charge in [-0.05, 0) is 24.0 Å². The van der Waals surface area contributed by atoms with E-state index in [4.69, 9.17) is 4.74 Å². The second-order valence-electron chi connectivity index (χ2n) is 6.75. The zero-order valence-corrected chi connectivity index (χ0v) is 15.4. The van der Waals surface area contributed by atoms with Crippen molar-refractivity contribution in [1.82, 2.24) is 10.9 Å². The zero-order chi connectivity index (χ0) is 18.8. The van der Waals surface area contributed by atoms with Gasteiger partial charge in [-0.1, -0.05) is 50.3 Å². The number of nitrogens with zero attached hydrogens (tertiary/aromatic N) is 1. The molecule has 0 aromatic heterocycles. The summed E-state index contributed by atoms with van der Waals surface area (Å²) in [4.78, 5) is 28.8. The first kappa shape index (κ1) is 19.8. The van der Waals surface area contributed by atoms with E-state index in [0.29, 0.717) is 25.4 Å². The number of nitrogens with one attached hydrogen (secondary N) is 2. The summed E-state index contributed by atoms with van der Waals surface area (Å²) < 4.78 is 5.31. The molecule has 1 aliphatic rings. The van der Waals surface area contributed by atoms with Gasteiger partial charge in [0, 0.05) is 5.92 Å². The number of aliphatic imine (C=N–C) groups is 1. The van der Waals surface area contributed by atoms with Crippen LogP contribution in [0.1, 0.15) is 32.3 Å². The molecule has 0 saturated heterocycles. The van der Waals surface area contributed by atoms with Crippen LogP contribution in [-0.2, 0) is 20.9 Å². The highest BCUT2D eigenvalue weighted by molar-refractivity contribution is 5.98. The van der Waals surface area contributed by atoms with Crippen LogP contribution in [0.5, 0.6) is 0 Å². The fraction of sp³-hybridized carbons (Fsp3) is 0.450. The van der Waals surface area contributed by atoms with Gasteiger partial charge in [-0.25, -0.2) is 5.43 Å². The molecule has 1 atom stereocenters. The highest BCUT2D eigenvalue weighted by Gasteiger charge is 2.24. The summed E-state index contributed by atoms with van der Waals surface area (Å²) in [6.45, 7) is 5.44. The predicted molar refractivity (Wildman–Crippen MR) is 101 cm³/mol. The average molecular weight is 357 g/mol. The number of rotatable bonds is 10. The summed E-state index contributed by atoms with van der Waals surface area (Å²) >= 11 is 0.